The number of epoxide rings is 1. The van der Waals surface area contributed by atoms with E-state index in [0.29, 0.717) is 11.7 Å². The monoisotopic (exact) mass is 358 g/mol. The molecule has 3 nitrogen and oxygen atoms in total. The van der Waals surface area contributed by atoms with Gasteiger partial charge in [-0.15, -0.1) is 11.8 Å². The van der Waals surface area contributed by atoms with Crippen molar-refractivity contribution in [1.29, 1.82) is 0 Å². The van der Waals surface area contributed by atoms with Crippen LogP contribution in [0.4, 0.5) is 0 Å². The van der Waals surface area contributed by atoms with Crippen molar-refractivity contribution in [2.24, 2.45) is 0 Å². The third kappa shape index (κ3) is 5.16. The highest BCUT2D eigenvalue weighted by Gasteiger charge is 2.22. The minimum atomic E-state index is -0.0200. The minimum absolute atomic E-state index is 0.0200. The lowest BCUT2D eigenvalue weighted by Crippen LogP contribution is -1.91. The molecule has 24 heavy (non-hydrogen) atoms. The summed E-state index contributed by atoms with van der Waals surface area (Å²) in [6.07, 6.45) is 0.430. The number of benzene rings is 2. The molecule has 0 radical (unpaired) electrons. The summed E-state index contributed by atoms with van der Waals surface area (Å²) in [6.45, 7) is 6.26. The Bertz CT molecular complexity index is 719. The molecule has 0 bridgehead atoms. The molecule has 1 saturated heterocycles. The summed E-state index contributed by atoms with van der Waals surface area (Å²) < 4.78 is 11.0. The van der Waals surface area contributed by atoms with E-state index in [-0.39, 0.29) is 5.12 Å². The number of hydrogen-bond donors (Lipinski definition) is 0. The van der Waals surface area contributed by atoms with Gasteiger partial charge < -0.3 is 9.47 Å². The van der Waals surface area contributed by atoms with Gasteiger partial charge in [0, 0.05) is 15.5 Å². The van der Waals surface area contributed by atoms with E-state index in [9.17, 15) is 4.79 Å². The molecule has 3 rings (SSSR count). The Kier molecular flexibility index (Phi) is 5.66. The predicted molar refractivity (Wildman–Crippen MR) is 99.1 cm³/mol. The molecule has 2 aromatic carbocycles. The number of carbonyl (C=O) groups excluding carboxylic acids is 1. The van der Waals surface area contributed by atoms with Crippen LogP contribution in [0.5, 0.6) is 11.5 Å². The molecule has 1 atom stereocenters. The lowest BCUT2D eigenvalue weighted by atomic mass is 10.3. The van der Waals surface area contributed by atoms with Crippen LogP contribution < -0.4 is 4.74 Å². The van der Waals surface area contributed by atoms with E-state index in [1.54, 1.807) is 18.7 Å². The predicted octanol–water partition coefficient (Wildman–Crippen LogP) is 5.16. The van der Waals surface area contributed by atoms with Crippen LogP contribution in [0.1, 0.15) is 6.92 Å². The van der Waals surface area contributed by atoms with E-state index in [1.807, 2.05) is 36.4 Å². The van der Waals surface area contributed by atoms with E-state index in [4.69, 9.17) is 9.47 Å². The second-order valence-corrected chi connectivity index (χ2v) is 7.62. The van der Waals surface area contributed by atoms with Crippen molar-refractivity contribution in [2.45, 2.75) is 22.8 Å². The quantitative estimate of drug-likeness (QED) is 0.388. The van der Waals surface area contributed by atoms with Crippen molar-refractivity contribution < 1.29 is 14.3 Å². The van der Waals surface area contributed by atoms with E-state index in [1.165, 1.54) is 16.7 Å². The van der Waals surface area contributed by atoms with Crippen molar-refractivity contribution in [3.05, 3.63) is 60.7 Å². The summed E-state index contributed by atoms with van der Waals surface area (Å²) in [5.41, 5.74) is 0.548. The zero-order chi connectivity index (χ0) is 16.9. The van der Waals surface area contributed by atoms with E-state index in [0.717, 1.165) is 28.8 Å². The van der Waals surface area contributed by atoms with Gasteiger partial charge in [0.25, 0.3) is 0 Å². The summed E-state index contributed by atoms with van der Waals surface area (Å²) in [5, 5.41) is -0.0200. The third-order valence-corrected chi connectivity index (χ3v) is 5.47. The van der Waals surface area contributed by atoms with Crippen LogP contribution >= 0.6 is 23.5 Å². The topological polar surface area (TPSA) is 38.8 Å². The van der Waals surface area contributed by atoms with Gasteiger partial charge in [0.05, 0.1) is 12.7 Å². The molecule has 1 aliphatic rings. The maximum absolute atomic E-state index is 11.6. The molecule has 0 aliphatic carbocycles. The normalized spacial score (nSPS) is 15.8. The van der Waals surface area contributed by atoms with Crippen molar-refractivity contribution in [2.75, 3.05) is 12.4 Å². The van der Waals surface area contributed by atoms with Gasteiger partial charge in [0.2, 0.25) is 5.12 Å². The lowest BCUT2D eigenvalue weighted by Gasteiger charge is -2.07. The molecule has 0 amide bonds. The number of thioether (sulfide) groups is 2. The summed E-state index contributed by atoms with van der Waals surface area (Å²) in [6, 6.07) is 15.5. The van der Waals surface area contributed by atoms with Crippen LogP contribution in [-0.2, 0) is 9.53 Å². The van der Waals surface area contributed by atoms with Gasteiger partial charge in [-0.2, -0.15) is 0 Å². The second-order valence-electron chi connectivity index (χ2n) is 5.48. The fraction of sp³-hybridized carbons (Fsp3) is 0.211. The SMILES string of the molecule is C=C(C)C(=O)Sc1ccc(Oc2ccc(SCC3CO3)cc2)cc1. The van der Waals surface area contributed by atoms with Crippen molar-refractivity contribution in [3.8, 4) is 11.5 Å². The van der Waals surface area contributed by atoms with E-state index >= 15 is 0 Å². The van der Waals surface area contributed by atoms with Crippen LogP contribution in [-0.4, -0.2) is 23.6 Å². The Labute approximate surface area is 150 Å². The maximum atomic E-state index is 11.6. The zero-order valence-electron chi connectivity index (χ0n) is 13.4. The fourth-order valence-corrected chi connectivity index (χ4v) is 3.42. The number of rotatable bonds is 7. The molecule has 0 aromatic heterocycles. The second kappa shape index (κ2) is 7.92. The van der Waals surface area contributed by atoms with Crippen LogP contribution in [0.25, 0.3) is 0 Å². The lowest BCUT2D eigenvalue weighted by molar-refractivity contribution is -0.107. The number of carbonyl (C=O) groups is 1. The number of ether oxygens (including phenoxy) is 2. The number of hydrogen-bond acceptors (Lipinski definition) is 5. The standard InChI is InChI=1S/C19H18O3S2/c1-13(2)19(20)24-18-9-5-15(6-10-18)22-14-3-7-17(8-4-14)23-12-16-11-21-16/h3-10,16H,1,11-12H2,2H3. The summed E-state index contributed by atoms with van der Waals surface area (Å²) in [4.78, 5) is 13.7. The van der Waals surface area contributed by atoms with Crippen LogP contribution in [0.3, 0.4) is 0 Å². The van der Waals surface area contributed by atoms with Crippen LogP contribution in [0.2, 0.25) is 0 Å². The van der Waals surface area contributed by atoms with Crippen LogP contribution in [0.15, 0.2) is 70.5 Å². The Hall–Kier alpha value is -1.69. The Morgan fingerprint density at radius 1 is 1.12 bits per heavy atom. The molecule has 2 aromatic rings. The maximum Gasteiger partial charge on any atom is 0.219 e. The zero-order valence-corrected chi connectivity index (χ0v) is 15.0. The van der Waals surface area contributed by atoms with Gasteiger partial charge in [-0.25, -0.2) is 0 Å². The highest BCUT2D eigenvalue weighted by Crippen LogP contribution is 2.29. The highest BCUT2D eigenvalue weighted by molar-refractivity contribution is 8.14. The Morgan fingerprint density at radius 2 is 1.67 bits per heavy atom. The van der Waals surface area contributed by atoms with Gasteiger partial charge in [-0.05, 0) is 72.8 Å². The summed E-state index contributed by atoms with van der Waals surface area (Å²) in [5.74, 6) is 2.54. The van der Waals surface area contributed by atoms with Gasteiger partial charge in [0.15, 0.2) is 0 Å². The van der Waals surface area contributed by atoms with Gasteiger partial charge >= 0.3 is 0 Å². The molecule has 0 saturated carbocycles. The third-order valence-electron chi connectivity index (χ3n) is 3.28. The molecular formula is C19H18O3S2. The first-order valence-electron chi connectivity index (χ1n) is 7.60. The highest BCUT2D eigenvalue weighted by atomic mass is 32.2. The Balaban J connectivity index is 1.55. The molecular weight excluding hydrogens is 340 g/mol. The fourth-order valence-electron chi connectivity index (χ4n) is 1.86. The molecule has 1 unspecified atom stereocenters. The molecule has 1 heterocycles. The van der Waals surface area contributed by atoms with E-state index < -0.39 is 0 Å². The van der Waals surface area contributed by atoms with Crippen molar-refractivity contribution in [3.63, 3.8) is 0 Å². The molecule has 0 N–H and O–H groups in total. The first-order chi connectivity index (χ1) is 11.6. The average molecular weight is 358 g/mol. The smallest absolute Gasteiger partial charge is 0.219 e. The average Bonchev–Trinajstić information content (AvgIpc) is 3.40. The summed E-state index contributed by atoms with van der Waals surface area (Å²) in [7, 11) is 0. The van der Waals surface area contributed by atoms with Crippen molar-refractivity contribution in [1.82, 2.24) is 0 Å². The molecule has 0 spiro atoms. The molecule has 5 heteroatoms. The Morgan fingerprint density at radius 3 is 2.17 bits per heavy atom. The minimum Gasteiger partial charge on any atom is -0.457 e. The largest absolute Gasteiger partial charge is 0.457 e. The van der Waals surface area contributed by atoms with Gasteiger partial charge in [0.1, 0.15) is 11.5 Å². The molecule has 124 valence electrons. The summed E-state index contributed by atoms with van der Waals surface area (Å²) >= 11 is 2.97. The van der Waals surface area contributed by atoms with Gasteiger partial charge in [-0.3, -0.25) is 4.79 Å². The first kappa shape index (κ1) is 17.1. The molecule has 1 fully saturated rings. The van der Waals surface area contributed by atoms with Gasteiger partial charge in [-0.1, -0.05) is 6.58 Å². The first-order valence-corrected chi connectivity index (χ1v) is 9.40. The van der Waals surface area contributed by atoms with Crippen molar-refractivity contribution >= 4 is 28.6 Å². The van der Waals surface area contributed by atoms with E-state index in [2.05, 4.69) is 18.7 Å². The van der Waals surface area contributed by atoms with Crippen LogP contribution in [0, 0.1) is 0 Å². The molecule has 1 aliphatic heterocycles.